The molecule has 0 aromatic heterocycles. The molecule has 1 aromatic carbocycles. The summed E-state index contributed by atoms with van der Waals surface area (Å²) < 4.78 is 5.68. The molecule has 0 bridgehead atoms. The fourth-order valence-corrected chi connectivity index (χ4v) is 2.46. The van der Waals surface area contributed by atoms with Gasteiger partial charge >= 0.3 is 0 Å². The van der Waals surface area contributed by atoms with Crippen molar-refractivity contribution in [3.05, 3.63) is 23.8 Å². The van der Waals surface area contributed by atoms with Crippen LogP contribution in [0.15, 0.2) is 18.2 Å². The SMILES string of the molecule is NCCCCNC(=O)CCCOc1ccc2c(c1)CCC(=O)N2. The molecular formula is C17H25N3O3. The number of carbonyl (C=O) groups is 2. The number of hydrogen-bond acceptors (Lipinski definition) is 4. The topological polar surface area (TPSA) is 93.4 Å². The molecule has 2 rings (SSSR count). The number of benzene rings is 1. The quantitative estimate of drug-likeness (QED) is 0.603. The number of amides is 2. The molecule has 0 saturated heterocycles. The minimum atomic E-state index is 0.0544. The van der Waals surface area contributed by atoms with Gasteiger partial charge in [-0.05, 0) is 56.0 Å². The summed E-state index contributed by atoms with van der Waals surface area (Å²) in [5, 5.41) is 5.71. The molecule has 0 atom stereocenters. The van der Waals surface area contributed by atoms with Gasteiger partial charge in [-0.3, -0.25) is 9.59 Å². The van der Waals surface area contributed by atoms with E-state index in [1.54, 1.807) is 0 Å². The molecule has 126 valence electrons. The van der Waals surface area contributed by atoms with E-state index in [9.17, 15) is 9.59 Å². The van der Waals surface area contributed by atoms with Crippen molar-refractivity contribution >= 4 is 17.5 Å². The van der Waals surface area contributed by atoms with Crippen LogP contribution in [0, 0.1) is 0 Å². The Bertz CT molecular complexity index is 546. The third-order valence-electron chi connectivity index (χ3n) is 3.74. The number of rotatable bonds is 9. The summed E-state index contributed by atoms with van der Waals surface area (Å²) in [7, 11) is 0. The van der Waals surface area contributed by atoms with Crippen LogP contribution < -0.4 is 21.1 Å². The maximum Gasteiger partial charge on any atom is 0.224 e. The lowest BCUT2D eigenvalue weighted by Crippen LogP contribution is -2.25. The molecule has 6 nitrogen and oxygen atoms in total. The van der Waals surface area contributed by atoms with Crippen LogP contribution >= 0.6 is 0 Å². The van der Waals surface area contributed by atoms with Gasteiger partial charge < -0.3 is 21.1 Å². The molecule has 4 N–H and O–H groups in total. The van der Waals surface area contributed by atoms with Gasteiger partial charge in [-0.1, -0.05) is 0 Å². The molecule has 0 radical (unpaired) electrons. The van der Waals surface area contributed by atoms with Gasteiger partial charge in [0.2, 0.25) is 11.8 Å². The fourth-order valence-electron chi connectivity index (χ4n) is 2.46. The van der Waals surface area contributed by atoms with Crippen molar-refractivity contribution in [2.24, 2.45) is 5.73 Å². The molecule has 0 unspecified atom stereocenters. The summed E-state index contributed by atoms with van der Waals surface area (Å²) in [5.41, 5.74) is 7.36. The second-order valence-electron chi connectivity index (χ2n) is 5.66. The first-order chi connectivity index (χ1) is 11.2. The molecule has 6 heteroatoms. The molecule has 23 heavy (non-hydrogen) atoms. The summed E-state index contributed by atoms with van der Waals surface area (Å²) in [4.78, 5) is 22.9. The van der Waals surface area contributed by atoms with Gasteiger partial charge in [0.25, 0.3) is 0 Å². The predicted molar refractivity (Wildman–Crippen MR) is 89.4 cm³/mol. The Morgan fingerprint density at radius 3 is 2.96 bits per heavy atom. The highest BCUT2D eigenvalue weighted by molar-refractivity contribution is 5.94. The van der Waals surface area contributed by atoms with Crippen LogP contribution in [-0.4, -0.2) is 31.5 Å². The van der Waals surface area contributed by atoms with Crippen LogP contribution in [0.5, 0.6) is 5.75 Å². The van der Waals surface area contributed by atoms with Gasteiger partial charge in [-0.15, -0.1) is 0 Å². The van der Waals surface area contributed by atoms with Gasteiger partial charge in [0, 0.05) is 25.1 Å². The van der Waals surface area contributed by atoms with E-state index >= 15 is 0 Å². The van der Waals surface area contributed by atoms with Gasteiger partial charge in [0.1, 0.15) is 5.75 Å². The lowest BCUT2D eigenvalue weighted by molar-refractivity contribution is -0.121. The molecule has 1 aliphatic rings. The number of ether oxygens (including phenoxy) is 1. The summed E-state index contributed by atoms with van der Waals surface area (Å²) in [6.45, 7) is 1.85. The summed E-state index contributed by atoms with van der Waals surface area (Å²) >= 11 is 0. The first kappa shape index (κ1) is 17.3. The zero-order chi connectivity index (χ0) is 16.5. The van der Waals surface area contributed by atoms with Crippen LogP contribution in [0.4, 0.5) is 5.69 Å². The molecule has 1 aromatic rings. The molecule has 0 aliphatic carbocycles. The number of unbranched alkanes of at least 4 members (excludes halogenated alkanes) is 1. The molecule has 1 aliphatic heterocycles. The largest absolute Gasteiger partial charge is 0.494 e. The monoisotopic (exact) mass is 319 g/mol. The number of anilines is 1. The normalized spacial score (nSPS) is 13.2. The highest BCUT2D eigenvalue weighted by Crippen LogP contribution is 2.26. The minimum Gasteiger partial charge on any atom is -0.494 e. The van der Waals surface area contributed by atoms with E-state index in [1.165, 1.54) is 0 Å². The standard InChI is InChI=1S/C17H25N3O3/c18-9-1-2-10-19-16(21)4-3-11-23-14-6-7-15-13(12-14)5-8-17(22)20-15/h6-7,12H,1-5,8-11,18H2,(H,19,21)(H,20,22). The number of aryl methyl sites for hydroxylation is 1. The first-order valence-corrected chi connectivity index (χ1v) is 8.21. The van der Waals surface area contributed by atoms with E-state index in [0.717, 1.165) is 36.3 Å². The Kier molecular flexibility index (Phi) is 6.87. The van der Waals surface area contributed by atoms with E-state index in [-0.39, 0.29) is 11.8 Å². The van der Waals surface area contributed by atoms with Crippen LogP contribution in [-0.2, 0) is 16.0 Å². The van der Waals surface area contributed by atoms with Crippen molar-refractivity contribution in [2.75, 3.05) is 25.0 Å². The average Bonchev–Trinajstić information content (AvgIpc) is 2.55. The second-order valence-corrected chi connectivity index (χ2v) is 5.66. The Hall–Kier alpha value is -2.08. The summed E-state index contributed by atoms with van der Waals surface area (Å²) in [6, 6.07) is 5.67. The predicted octanol–water partition coefficient (Wildman–Crippen LogP) is 1.59. The van der Waals surface area contributed by atoms with Crippen LogP contribution in [0.3, 0.4) is 0 Å². The van der Waals surface area contributed by atoms with Crippen LogP contribution in [0.25, 0.3) is 0 Å². The van der Waals surface area contributed by atoms with Crippen molar-refractivity contribution in [1.82, 2.24) is 5.32 Å². The molecule has 0 spiro atoms. The van der Waals surface area contributed by atoms with E-state index in [0.29, 0.717) is 39.0 Å². The van der Waals surface area contributed by atoms with E-state index < -0.39 is 0 Å². The number of nitrogens with two attached hydrogens (primary N) is 1. The fraction of sp³-hybridized carbons (Fsp3) is 0.529. The highest BCUT2D eigenvalue weighted by Gasteiger charge is 2.14. The first-order valence-electron chi connectivity index (χ1n) is 8.21. The summed E-state index contributed by atoms with van der Waals surface area (Å²) in [5.74, 6) is 0.894. The molecule has 2 amide bonds. The number of nitrogens with one attached hydrogen (secondary N) is 2. The van der Waals surface area contributed by atoms with Crippen LogP contribution in [0.2, 0.25) is 0 Å². The molecule has 1 heterocycles. The van der Waals surface area contributed by atoms with Crippen molar-refractivity contribution in [2.45, 2.75) is 38.5 Å². The maximum atomic E-state index is 11.6. The Morgan fingerprint density at radius 1 is 1.26 bits per heavy atom. The number of carbonyl (C=O) groups excluding carboxylic acids is 2. The Labute approximate surface area is 136 Å². The third-order valence-corrected chi connectivity index (χ3v) is 3.74. The van der Waals surface area contributed by atoms with Crippen molar-refractivity contribution in [1.29, 1.82) is 0 Å². The Morgan fingerprint density at radius 2 is 2.13 bits per heavy atom. The van der Waals surface area contributed by atoms with Gasteiger partial charge in [0.05, 0.1) is 6.61 Å². The number of fused-ring (bicyclic) bond motifs is 1. The smallest absolute Gasteiger partial charge is 0.224 e. The van der Waals surface area contributed by atoms with Crippen molar-refractivity contribution in [3.63, 3.8) is 0 Å². The molecular weight excluding hydrogens is 294 g/mol. The molecule has 0 fully saturated rings. The van der Waals surface area contributed by atoms with E-state index in [2.05, 4.69) is 10.6 Å². The van der Waals surface area contributed by atoms with Gasteiger partial charge in [-0.2, -0.15) is 0 Å². The van der Waals surface area contributed by atoms with Gasteiger partial charge in [-0.25, -0.2) is 0 Å². The lowest BCUT2D eigenvalue weighted by atomic mass is 10.0. The summed E-state index contributed by atoms with van der Waals surface area (Å²) in [6.07, 6.45) is 4.25. The number of hydrogen-bond donors (Lipinski definition) is 3. The Balaban J connectivity index is 1.65. The van der Waals surface area contributed by atoms with E-state index in [1.807, 2.05) is 18.2 Å². The van der Waals surface area contributed by atoms with Crippen LogP contribution in [0.1, 0.15) is 37.7 Å². The third kappa shape index (κ3) is 5.90. The molecule has 0 saturated carbocycles. The highest BCUT2D eigenvalue weighted by atomic mass is 16.5. The van der Waals surface area contributed by atoms with Gasteiger partial charge in [0.15, 0.2) is 0 Å². The zero-order valence-electron chi connectivity index (χ0n) is 13.4. The van der Waals surface area contributed by atoms with Crippen molar-refractivity contribution < 1.29 is 14.3 Å². The lowest BCUT2D eigenvalue weighted by Gasteiger charge is -2.17. The second kappa shape index (κ2) is 9.15. The maximum absolute atomic E-state index is 11.6. The zero-order valence-corrected chi connectivity index (χ0v) is 13.4. The minimum absolute atomic E-state index is 0.0544. The average molecular weight is 319 g/mol. The van der Waals surface area contributed by atoms with Crippen molar-refractivity contribution in [3.8, 4) is 5.75 Å². The van der Waals surface area contributed by atoms with E-state index in [4.69, 9.17) is 10.5 Å².